The number of furan rings is 1. The molecule has 0 aliphatic rings. The van der Waals surface area contributed by atoms with Gasteiger partial charge in [-0.1, -0.05) is 42.5 Å². The quantitative estimate of drug-likeness (QED) is 0.536. The Hall–Kier alpha value is -3.07. The SMILES string of the molecule is O=c1c(-c2ccccc2)c(-c2ccco2)oc2ccccc12. The Morgan fingerprint density at radius 1 is 0.773 bits per heavy atom. The maximum absolute atomic E-state index is 12.9. The van der Waals surface area contributed by atoms with Crippen molar-refractivity contribution in [2.24, 2.45) is 0 Å². The van der Waals surface area contributed by atoms with Crippen molar-refractivity contribution in [1.29, 1.82) is 0 Å². The summed E-state index contributed by atoms with van der Waals surface area (Å²) in [4.78, 5) is 12.9. The number of fused-ring (bicyclic) bond motifs is 1. The van der Waals surface area contributed by atoms with E-state index in [1.54, 1.807) is 30.5 Å². The first-order valence-electron chi connectivity index (χ1n) is 7.00. The van der Waals surface area contributed by atoms with Gasteiger partial charge in [-0.3, -0.25) is 4.79 Å². The molecule has 2 aromatic carbocycles. The normalized spacial score (nSPS) is 10.9. The van der Waals surface area contributed by atoms with Gasteiger partial charge >= 0.3 is 0 Å². The summed E-state index contributed by atoms with van der Waals surface area (Å²) in [6.45, 7) is 0. The smallest absolute Gasteiger partial charge is 0.201 e. The van der Waals surface area contributed by atoms with Crippen LogP contribution in [0.3, 0.4) is 0 Å². The molecule has 0 radical (unpaired) electrons. The molecule has 0 aliphatic carbocycles. The minimum Gasteiger partial charge on any atom is -0.461 e. The molecule has 0 bridgehead atoms. The third-order valence-corrected chi connectivity index (χ3v) is 3.61. The monoisotopic (exact) mass is 288 g/mol. The molecular weight excluding hydrogens is 276 g/mol. The van der Waals surface area contributed by atoms with Crippen molar-refractivity contribution in [3.05, 3.63) is 83.2 Å². The van der Waals surface area contributed by atoms with Crippen LogP contribution < -0.4 is 5.43 Å². The Kier molecular flexibility index (Phi) is 2.90. The standard InChI is InChI=1S/C19H12O3/c20-18-14-9-4-5-10-15(14)22-19(16-11-6-12-21-16)17(18)13-7-2-1-3-8-13/h1-12H. The zero-order chi connectivity index (χ0) is 14.9. The van der Waals surface area contributed by atoms with Crippen LogP contribution in [0, 0.1) is 0 Å². The molecular formula is C19H12O3. The van der Waals surface area contributed by atoms with E-state index in [1.807, 2.05) is 42.5 Å². The summed E-state index contributed by atoms with van der Waals surface area (Å²) in [7, 11) is 0. The summed E-state index contributed by atoms with van der Waals surface area (Å²) < 4.78 is 11.4. The topological polar surface area (TPSA) is 43.4 Å². The molecule has 106 valence electrons. The number of hydrogen-bond donors (Lipinski definition) is 0. The average Bonchev–Trinajstić information content (AvgIpc) is 3.10. The van der Waals surface area contributed by atoms with E-state index in [0.29, 0.717) is 28.1 Å². The number of para-hydroxylation sites is 1. The van der Waals surface area contributed by atoms with E-state index in [4.69, 9.17) is 8.83 Å². The summed E-state index contributed by atoms with van der Waals surface area (Å²) in [5.41, 5.74) is 1.83. The fraction of sp³-hybridized carbons (Fsp3) is 0. The molecule has 0 saturated heterocycles. The number of hydrogen-bond acceptors (Lipinski definition) is 3. The van der Waals surface area contributed by atoms with Crippen molar-refractivity contribution >= 4 is 11.0 Å². The summed E-state index contributed by atoms with van der Waals surface area (Å²) in [5, 5.41) is 0.566. The van der Waals surface area contributed by atoms with Crippen LogP contribution in [0.25, 0.3) is 33.6 Å². The van der Waals surface area contributed by atoms with Crippen molar-refractivity contribution < 1.29 is 8.83 Å². The predicted molar refractivity (Wildman–Crippen MR) is 85.6 cm³/mol. The molecule has 0 spiro atoms. The molecule has 0 aliphatic heterocycles. The van der Waals surface area contributed by atoms with Crippen LogP contribution in [-0.4, -0.2) is 0 Å². The Bertz CT molecular complexity index is 980. The van der Waals surface area contributed by atoms with E-state index < -0.39 is 0 Å². The van der Waals surface area contributed by atoms with Gasteiger partial charge in [-0.05, 0) is 29.8 Å². The Balaban J connectivity index is 2.15. The minimum absolute atomic E-state index is 0.0561. The molecule has 22 heavy (non-hydrogen) atoms. The Morgan fingerprint density at radius 2 is 1.55 bits per heavy atom. The maximum atomic E-state index is 12.9. The van der Waals surface area contributed by atoms with E-state index in [1.165, 1.54) is 0 Å². The van der Waals surface area contributed by atoms with E-state index in [2.05, 4.69) is 0 Å². The molecule has 0 unspecified atom stereocenters. The van der Waals surface area contributed by atoms with Gasteiger partial charge in [-0.15, -0.1) is 0 Å². The Labute approximate surface area is 126 Å². The van der Waals surface area contributed by atoms with Gasteiger partial charge in [0.15, 0.2) is 11.5 Å². The van der Waals surface area contributed by atoms with Crippen LogP contribution in [0.2, 0.25) is 0 Å². The van der Waals surface area contributed by atoms with Gasteiger partial charge in [0.1, 0.15) is 5.58 Å². The summed E-state index contributed by atoms with van der Waals surface area (Å²) in [6.07, 6.45) is 1.57. The van der Waals surface area contributed by atoms with E-state index in [-0.39, 0.29) is 5.43 Å². The zero-order valence-corrected chi connectivity index (χ0v) is 11.7. The van der Waals surface area contributed by atoms with Gasteiger partial charge in [0.05, 0.1) is 17.2 Å². The number of rotatable bonds is 2. The van der Waals surface area contributed by atoms with Gasteiger partial charge in [-0.25, -0.2) is 0 Å². The van der Waals surface area contributed by atoms with Crippen LogP contribution in [0.1, 0.15) is 0 Å². The largest absolute Gasteiger partial charge is 0.461 e. The highest BCUT2D eigenvalue weighted by Crippen LogP contribution is 2.32. The molecule has 4 rings (SSSR count). The van der Waals surface area contributed by atoms with E-state index in [9.17, 15) is 4.79 Å². The Morgan fingerprint density at radius 3 is 2.32 bits per heavy atom. The van der Waals surface area contributed by atoms with Crippen molar-refractivity contribution in [1.82, 2.24) is 0 Å². The van der Waals surface area contributed by atoms with Gasteiger partial charge in [-0.2, -0.15) is 0 Å². The molecule has 3 nitrogen and oxygen atoms in total. The summed E-state index contributed by atoms with van der Waals surface area (Å²) >= 11 is 0. The van der Waals surface area contributed by atoms with Gasteiger partial charge in [0.25, 0.3) is 0 Å². The lowest BCUT2D eigenvalue weighted by Gasteiger charge is -2.08. The average molecular weight is 288 g/mol. The fourth-order valence-corrected chi connectivity index (χ4v) is 2.59. The van der Waals surface area contributed by atoms with Crippen LogP contribution in [0.15, 0.2) is 86.6 Å². The van der Waals surface area contributed by atoms with Crippen LogP contribution in [0.5, 0.6) is 0 Å². The van der Waals surface area contributed by atoms with E-state index >= 15 is 0 Å². The molecule has 0 saturated carbocycles. The highest BCUT2D eigenvalue weighted by Gasteiger charge is 2.18. The third-order valence-electron chi connectivity index (χ3n) is 3.61. The van der Waals surface area contributed by atoms with E-state index in [0.717, 1.165) is 5.56 Å². The first-order chi connectivity index (χ1) is 10.8. The second-order valence-corrected chi connectivity index (χ2v) is 4.97. The minimum atomic E-state index is -0.0561. The van der Waals surface area contributed by atoms with Gasteiger partial charge in [0, 0.05) is 0 Å². The molecule has 2 heterocycles. The predicted octanol–water partition coefficient (Wildman–Crippen LogP) is 4.72. The maximum Gasteiger partial charge on any atom is 0.201 e. The highest BCUT2D eigenvalue weighted by atomic mass is 16.4. The lowest BCUT2D eigenvalue weighted by atomic mass is 10.0. The first-order valence-corrected chi connectivity index (χ1v) is 7.00. The molecule has 2 aromatic heterocycles. The van der Waals surface area contributed by atoms with Crippen molar-refractivity contribution in [3.63, 3.8) is 0 Å². The van der Waals surface area contributed by atoms with Crippen molar-refractivity contribution in [2.45, 2.75) is 0 Å². The highest BCUT2D eigenvalue weighted by molar-refractivity contribution is 5.88. The lowest BCUT2D eigenvalue weighted by molar-refractivity contribution is 0.538. The fourth-order valence-electron chi connectivity index (χ4n) is 2.59. The molecule has 0 atom stereocenters. The van der Waals surface area contributed by atoms with Crippen LogP contribution in [-0.2, 0) is 0 Å². The molecule has 0 N–H and O–H groups in total. The molecule has 3 heteroatoms. The van der Waals surface area contributed by atoms with Crippen LogP contribution >= 0.6 is 0 Å². The molecule has 4 aromatic rings. The number of benzene rings is 2. The van der Waals surface area contributed by atoms with Gasteiger partial charge < -0.3 is 8.83 Å². The third kappa shape index (κ3) is 1.95. The summed E-state index contributed by atoms with van der Waals surface area (Å²) in [5.74, 6) is 1.00. The first kappa shape index (κ1) is 12.7. The van der Waals surface area contributed by atoms with Crippen LogP contribution in [0.4, 0.5) is 0 Å². The lowest BCUT2D eigenvalue weighted by Crippen LogP contribution is -2.07. The second-order valence-electron chi connectivity index (χ2n) is 4.97. The molecule has 0 fully saturated rings. The van der Waals surface area contributed by atoms with Crippen molar-refractivity contribution in [2.75, 3.05) is 0 Å². The second kappa shape index (κ2) is 5.04. The van der Waals surface area contributed by atoms with Crippen molar-refractivity contribution in [3.8, 4) is 22.6 Å². The summed E-state index contributed by atoms with van der Waals surface area (Å²) in [6, 6.07) is 20.3. The van der Waals surface area contributed by atoms with Gasteiger partial charge in [0.2, 0.25) is 5.43 Å². The molecule has 0 amide bonds. The zero-order valence-electron chi connectivity index (χ0n) is 11.7.